The van der Waals surface area contributed by atoms with Crippen molar-refractivity contribution >= 4 is 50.9 Å². The summed E-state index contributed by atoms with van der Waals surface area (Å²) in [6.45, 7) is 3.75. The van der Waals surface area contributed by atoms with E-state index in [4.69, 9.17) is 16.3 Å². The van der Waals surface area contributed by atoms with Gasteiger partial charge >= 0.3 is 12.1 Å². The standard InChI is InChI=1S/C33H27ClN2O4S/c1-19-17-26-28(36-32(39)40-20(2)25-5-3-4-6-27(25)34)29(41-30(26)35-18-19)23-9-7-21(8-10-23)22-11-13-24(14-12-22)33(15-16-33)31(37)38/h3-14,17-18,20H,15-16H2,1-2H3,(H,36,39)(H,37,38)/t20-/m1/s1. The highest BCUT2D eigenvalue weighted by Crippen LogP contribution is 2.49. The van der Waals surface area contributed by atoms with Gasteiger partial charge in [-0.05, 0) is 66.6 Å². The van der Waals surface area contributed by atoms with Gasteiger partial charge in [0.05, 0.1) is 16.0 Å². The Morgan fingerprint density at radius 3 is 2.27 bits per heavy atom. The van der Waals surface area contributed by atoms with Gasteiger partial charge in [-0.25, -0.2) is 9.78 Å². The lowest BCUT2D eigenvalue weighted by Crippen LogP contribution is -2.19. The normalized spacial score (nSPS) is 14.4. The Morgan fingerprint density at radius 1 is 1.00 bits per heavy atom. The number of amides is 1. The largest absolute Gasteiger partial charge is 0.481 e. The molecule has 1 fully saturated rings. The molecule has 41 heavy (non-hydrogen) atoms. The van der Waals surface area contributed by atoms with Crippen molar-refractivity contribution in [3.63, 3.8) is 0 Å². The van der Waals surface area contributed by atoms with Crippen LogP contribution in [-0.2, 0) is 14.9 Å². The minimum Gasteiger partial charge on any atom is -0.481 e. The van der Waals surface area contributed by atoms with E-state index in [2.05, 4.69) is 10.3 Å². The summed E-state index contributed by atoms with van der Waals surface area (Å²) in [6, 6.07) is 25.2. The minimum atomic E-state index is -0.755. The lowest BCUT2D eigenvalue weighted by Gasteiger charge is -2.16. The number of hydrogen-bond acceptors (Lipinski definition) is 5. The summed E-state index contributed by atoms with van der Waals surface area (Å²) in [6.07, 6.45) is 2.07. The molecule has 206 valence electrons. The number of aliphatic carboxylic acids is 1. The van der Waals surface area contributed by atoms with Crippen LogP contribution < -0.4 is 5.32 Å². The van der Waals surface area contributed by atoms with Crippen molar-refractivity contribution in [3.05, 3.63) is 107 Å². The second kappa shape index (κ2) is 10.7. The highest BCUT2D eigenvalue weighted by atomic mass is 35.5. The molecule has 0 aliphatic heterocycles. The predicted octanol–water partition coefficient (Wildman–Crippen LogP) is 9.02. The van der Waals surface area contributed by atoms with Gasteiger partial charge < -0.3 is 9.84 Å². The fourth-order valence-electron chi connectivity index (χ4n) is 5.12. The average Bonchev–Trinajstić information content (AvgIpc) is 3.72. The lowest BCUT2D eigenvalue weighted by atomic mass is 9.93. The molecule has 2 heterocycles. The number of carbonyl (C=O) groups excluding carboxylic acids is 1. The molecule has 5 aromatic rings. The first-order chi connectivity index (χ1) is 19.7. The van der Waals surface area contributed by atoms with Crippen molar-refractivity contribution in [2.45, 2.75) is 38.2 Å². The van der Waals surface area contributed by atoms with Gasteiger partial charge in [0.15, 0.2) is 0 Å². The summed E-state index contributed by atoms with van der Waals surface area (Å²) >= 11 is 7.81. The summed E-state index contributed by atoms with van der Waals surface area (Å²) in [7, 11) is 0. The maximum atomic E-state index is 13.1. The molecule has 1 saturated carbocycles. The predicted molar refractivity (Wildman–Crippen MR) is 164 cm³/mol. The van der Waals surface area contributed by atoms with Crippen LogP contribution in [0.25, 0.3) is 31.8 Å². The molecule has 1 aliphatic rings. The summed E-state index contributed by atoms with van der Waals surface area (Å²) in [5, 5.41) is 14.0. The highest BCUT2D eigenvalue weighted by Gasteiger charge is 2.51. The number of anilines is 1. The Labute approximate surface area is 246 Å². The second-order valence-electron chi connectivity index (χ2n) is 10.4. The van der Waals surface area contributed by atoms with Crippen molar-refractivity contribution in [2.24, 2.45) is 0 Å². The Kier molecular flexibility index (Phi) is 7.01. The number of carboxylic acid groups (broad SMARTS) is 1. The number of hydrogen-bond donors (Lipinski definition) is 2. The number of aromatic nitrogens is 1. The monoisotopic (exact) mass is 582 g/mol. The van der Waals surface area contributed by atoms with E-state index in [9.17, 15) is 14.7 Å². The SMILES string of the molecule is Cc1cnc2sc(-c3ccc(-c4ccc(C5(C(=O)O)CC5)cc4)cc3)c(NC(=O)O[C@H](C)c3ccccc3Cl)c2c1. The lowest BCUT2D eigenvalue weighted by molar-refractivity contribution is -0.140. The van der Waals surface area contributed by atoms with E-state index < -0.39 is 23.6 Å². The van der Waals surface area contributed by atoms with Crippen LogP contribution in [0.1, 0.15) is 42.6 Å². The second-order valence-corrected chi connectivity index (χ2v) is 11.8. The molecule has 0 unspecified atom stereocenters. The first kappa shape index (κ1) is 27.0. The Morgan fingerprint density at radius 2 is 1.63 bits per heavy atom. The molecule has 8 heteroatoms. The van der Waals surface area contributed by atoms with E-state index in [0.29, 0.717) is 23.6 Å². The first-order valence-corrected chi connectivity index (χ1v) is 14.5. The number of carboxylic acids is 1. The van der Waals surface area contributed by atoms with Crippen LogP contribution in [0.15, 0.2) is 85.1 Å². The van der Waals surface area contributed by atoms with Gasteiger partial charge in [-0.15, -0.1) is 11.3 Å². The Balaban J connectivity index is 1.28. The number of thiophene rings is 1. The maximum Gasteiger partial charge on any atom is 0.412 e. The van der Waals surface area contributed by atoms with Crippen molar-refractivity contribution in [1.29, 1.82) is 0 Å². The van der Waals surface area contributed by atoms with E-state index in [1.54, 1.807) is 13.0 Å². The number of nitrogens with zero attached hydrogens (tertiary/aromatic N) is 1. The Hall–Kier alpha value is -4.20. The third kappa shape index (κ3) is 5.19. The van der Waals surface area contributed by atoms with E-state index in [0.717, 1.165) is 48.5 Å². The van der Waals surface area contributed by atoms with Gasteiger partial charge in [0.1, 0.15) is 10.9 Å². The van der Waals surface area contributed by atoms with E-state index in [1.165, 1.54) is 11.3 Å². The molecule has 0 spiro atoms. The third-order valence-corrected chi connectivity index (χ3v) is 9.12. The summed E-state index contributed by atoms with van der Waals surface area (Å²) in [5.41, 5.74) is 5.45. The molecule has 3 aromatic carbocycles. The van der Waals surface area contributed by atoms with Gasteiger partial charge in [-0.3, -0.25) is 10.1 Å². The number of benzene rings is 3. The molecule has 6 rings (SSSR count). The topological polar surface area (TPSA) is 88.5 Å². The van der Waals surface area contributed by atoms with Gasteiger partial charge in [-0.1, -0.05) is 78.3 Å². The average molecular weight is 583 g/mol. The van der Waals surface area contributed by atoms with E-state index in [-0.39, 0.29) is 0 Å². The van der Waals surface area contributed by atoms with Gasteiger partial charge in [0, 0.05) is 22.2 Å². The van der Waals surface area contributed by atoms with Gasteiger partial charge in [0.2, 0.25) is 0 Å². The van der Waals surface area contributed by atoms with Crippen molar-refractivity contribution in [2.75, 3.05) is 5.32 Å². The molecule has 1 amide bonds. The molecule has 0 bridgehead atoms. The van der Waals surface area contributed by atoms with E-state index in [1.807, 2.05) is 85.9 Å². The minimum absolute atomic E-state index is 0.534. The molecular formula is C33H27ClN2O4S. The summed E-state index contributed by atoms with van der Waals surface area (Å²) in [5.74, 6) is -0.755. The zero-order chi connectivity index (χ0) is 28.7. The molecule has 2 aromatic heterocycles. The number of aryl methyl sites for hydroxylation is 1. The van der Waals surface area contributed by atoms with E-state index >= 15 is 0 Å². The fourth-order valence-corrected chi connectivity index (χ4v) is 6.50. The van der Waals surface area contributed by atoms with Crippen LogP contribution in [0.2, 0.25) is 5.02 Å². The number of rotatable bonds is 7. The van der Waals surface area contributed by atoms with Crippen LogP contribution in [0.4, 0.5) is 10.5 Å². The number of pyridine rings is 1. The first-order valence-electron chi connectivity index (χ1n) is 13.3. The van der Waals surface area contributed by atoms with Crippen molar-refractivity contribution < 1.29 is 19.4 Å². The quantitative estimate of drug-likeness (QED) is 0.200. The van der Waals surface area contributed by atoms with Gasteiger partial charge in [0.25, 0.3) is 0 Å². The number of carbonyl (C=O) groups is 2. The van der Waals surface area contributed by atoms with Crippen LogP contribution in [0, 0.1) is 6.92 Å². The smallest absolute Gasteiger partial charge is 0.412 e. The molecule has 0 saturated heterocycles. The molecule has 2 N–H and O–H groups in total. The number of ether oxygens (including phenoxy) is 1. The number of nitrogens with one attached hydrogen (secondary N) is 1. The van der Waals surface area contributed by atoms with Crippen LogP contribution >= 0.6 is 22.9 Å². The molecule has 1 aliphatic carbocycles. The van der Waals surface area contributed by atoms with Crippen LogP contribution in [0.5, 0.6) is 0 Å². The summed E-state index contributed by atoms with van der Waals surface area (Å²) in [4.78, 5) is 31.0. The number of fused-ring (bicyclic) bond motifs is 1. The van der Waals surface area contributed by atoms with Crippen LogP contribution in [-0.4, -0.2) is 22.2 Å². The van der Waals surface area contributed by atoms with Gasteiger partial charge in [-0.2, -0.15) is 0 Å². The molecule has 0 radical (unpaired) electrons. The van der Waals surface area contributed by atoms with Crippen LogP contribution in [0.3, 0.4) is 0 Å². The highest BCUT2D eigenvalue weighted by molar-refractivity contribution is 7.22. The van der Waals surface area contributed by atoms with Crippen molar-refractivity contribution in [1.82, 2.24) is 4.98 Å². The molecule has 1 atom stereocenters. The Bertz CT molecular complexity index is 1780. The zero-order valence-corrected chi connectivity index (χ0v) is 24.1. The maximum absolute atomic E-state index is 13.1. The summed E-state index contributed by atoms with van der Waals surface area (Å²) < 4.78 is 5.70. The molecular weight excluding hydrogens is 556 g/mol. The van der Waals surface area contributed by atoms with Crippen molar-refractivity contribution in [3.8, 4) is 21.6 Å². The number of halogens is 1. The zero-order valence-electron chi connectivity index (χ0n) is 22.5. The third-order valence-electron chi connectivity index (χ3n) is 7.61. The molecule has 6 nitrogen and oxygen atoms in total. The fraction of sp³-hybridized carbons (Fsp3) is 0.182.